The number of unbranched alkanes of at least 4 members (excludes halogenated alkanes) is 3. The summed E-state index contributed by atoms with van der Waals surface area (Å²) in [6.45, 7) is 2.45. The first kappa shape index (κ1) is 26.4. The van der Waals surface area contributed by atoms with Gasteiger partial charge < -0.3 is 19.9 Å². The Hall–Kier alpha value is -3.25. The van der Waals surface area contributed by atoms with E-state index in [9.17, 15) is 32.5 Å². The van der Waals surface area contributed by atoms with Crippen LogP contribution < -0.4 is 5.32 Å². The van der Waals surface area contributed by atoms with Crippen molar-refractivity contribution in [1.82, 2.24) is 14.5 Å². The van der Waals surface area contributed by atoms with Gasteiger partial charge in [0.25, 0.3) is 16.0 Å². The predicted molar refractivity (Wildman–Crippen MR) is 127 cm³/mol. The Morgan fingerprint density at radius 1 is 1.20 bits per heavy atom. The molecule has 1 unspecified atom stereocenters. The number of rotatable bonds is 11. The van der Waals surface area contributed by atoms with Crippen molar-refractivity contribution < 1.29 is 32.5 Å². The Morgan fingerprint density at radius 3 is 2.63 bits per heavy atom. The molecular weight excluding hydrogens is 476 g/mol. The van der Waals surface area contributed by atoms with E-state index in [0.717, 1.165) is 31.7 Å². The molecule has 1 fully saturated rings. The van der Waals surface area contributed by atoms with Crippen molar-refractivity contribution in [2.75, 3.05) is 11.9 Å². The zero-order chi connectivity index (χ0) is 25.6. The number of hydrogen-bond donors (Lipinski definition) is 3. The molecule has 1 aromatic heterocycles. The van der Waals surface area contributed by atoms with E-state index in [4.69, 9.17) is 0 Å². The van der Waals surface area contributed by atoms with E-state index < -0.39 is 39.0 Å². The van der Waals surface area contributed by atoms with Crippen LogP contribution in [0.4, 0.5) is 5.82 Å². The number of carboxylic acid groups (broad SMARTS) is 1. The Balaban J connectivity index is 1.81. The van der Waals surface area contributed by atoms with Gasteiger partial charge in [0.05, 0.1) is 11.9 Å². The highest BCUT2D eigenvalue weighted by Gasteiger charge is 2.37. The highest BCUT2D eigenvalue weighted by atomic mass is 32.2. The summed E-state index contributed by atoms with van der Waals surface area (Å²) in [7, 11) is -4.61. The highest BCUT2D eigenvalue weighted by molar-refractivity contribution is 7.86. The van der Waals surface area contributed by atoms with Gasteiger partial charge in [-0.05, 0) is 31.4 Å². The second-order valence-electron chi connectivity index (χ2n) is 8.52. The first-order chi connectivity index (χ1) is 16.6. The van der Waals surface area contributed by atoms with Gasteiger partial charge in [-0.3, -0.25) is 14.1 Å². The van der Waals surface area contributed by atoms with Gasteiger partial charge in [-0.2, -0.15) is 8.42 Å². The van der Waals surface area contributed by atoms with Crippen LogP contribution in [0.5, 0.6) is 0 Å². The van der Waals surface area contributed by atoms with Crippen molar-refractivity contribution in [3.63, 3.8) is 0 Å². The van der Waals surface area contributed by atoms with Crippen molar-refractivity contribution in [3.8, 4) is 0 Å². The number of benzene rings is 1. The van der Waals surface area contributed by atoms with E-state index in [2.05, 4.69) is 17.2 Å². The maximum atomic E-state index is 13.4. The third-order valence-electron chi connectivity index (χ3n) is 6.05. The first-order valence-electron chi connectivity index (χ1n) is 11.6. The minimum Gasteiger partial charge on any atom is -0.480 e. The topological polar surface area (TPSA) is 159 Å². The lowest BCUT2D eigenvalue weighted by atomic mass is 10.1. The zero-order valence-electron chi connectivity index (χ0n) is 19.5. The van der Waals surface area contributed by atoms with E-state index in [0.29, 0.717) is 25.8 Å². The summed E-state index contributed by atoms with van der Waals surface area (Å²) < 4.78 is 34.1. The Labute approximate surface area is 203 Å². The Bertz CT molecular complexity index is 1180. The fourth-order valence-corrected chi connectivity index (χ4v) is 4.97. The van der Waals surface area contributed by atoms with Crippen molar-refractivity contribution >= 4 is 33.7 Å². The van der Waals surface area contributed by atoms with Crippen LogP contribution in [0.25, 0.3) is 0 Å². The third kappa shape index (κ3) is 6.45. The molecule has 190 valence electrons. The molecule has 0 radical (unpaired) electrons. The standard InChI is InChI=1S/C23H30N4O7S/c1-2-3-4-5-10-17(22(29)27-13-8-11-18(27)23(30)31)26-14-20(24-15-26)25-21(28)16-9-6-7-12-19(16)35(32,33)34/h6-7,9,12,14-15,17-18H,2-5,8,10-11,13H2,1H3,(H,25,28)(H,30,31)(H,32,33,34)/t17?,18-/m0/s1. The number of amides is 2. The molecule has 0 aliphatic carbocycles. The average Bonchev–Trinajstić information content (AvgIpc) is 3.48. The predicted octanol–water partition coefficient (Wildman–Crippen LogP) is 2.97. The van der Waals surface area contributed by atoms with Crippen LogP contribution in [0.15, 0.2) is 41.7 Å². The van der Waals surface area contributed by atoms with Crippen LogP contribution in [0.3, 0.4) is 0 Å². The molecule has 2 amide bonds. The molecule has 2 atom stereocenters. The minimum atomic E-state index is -4.61. The minimum absolute atomic E-state index is 0.0858. The van der Waals surface area contributed by atoms with E-state index in [-0.39, 0.29) is 17.3 Å². The molecule has 0 saturated carbocycles. The summed E-state index contributed by atoms with van der Waals surface area (Å²) in [4.78, 5) is 42.7. The van der Waals surface area contributed by atoms with E-state index in [1.165, 1.54) is 35.6 Å². The van der Waals surface area contributed by atoms with Crippen molar-refractivity contribution in [1.29, 1.82) is 0 Å². The lowest BCUT2D eigenvalue weighted by Gasteiger charge is -2.27. The fourth-order valence-electron chi connectivity index (χ4n) is 4.28. The van der Waals surface area contributed by atoms with E-state index in [1.807, 2.05) is 0 Å². The van der Waals surface area contributed by atoms with Crippen LogP contribution in [0.1, 0.15) is 68.3 Å². The van der Waals surface area contributed by atoms with Gasteiger partial charge in [0.15, 0.2) is 5.82 Å². The summed E-state index contributed by atoms with van der Waals surface area (Å²) in [5.74, 6) is -2.04. The molecule has 35 heavy (non-hydrogen) atoms. The molecule has 1 aliphatic heterocycles. The van der Waals surface area contributed by atoms with Crippen LogP contribution in [0, 0.1) is 0 Å². The number of carbonyl (C=O) groups excluding carboxylic acids is 2. The van der Waals surface area contributed by atoms with Crippen molar-refractivity contribution in [2.24, 2.45) is 0 Å². The van der Waals surface area contributed by atoms with Gasteiger partial charge in [-0.15, -0.1) is 0 Å². The quantitative estimate of drug-likeness (QED) is 0.310. The van der Waals surface area contributed by atoms with Gasteiger partial charge in [0, 0.05) is 12.7 Å². The first-order valence-corrected chi connectivity index (χ1v) is 13.0. The number of carbonyl (C=O) groups is 3. The number of likely N-dealkylation sites (tertiary alicyclic amines) is 1. The lowest BCUT2D eigenvalue weighted by Crippen LogP contribution is -2.44. The number of anilines is 1. The van der Waals surface area contributed by atoms with Gasteiger partial charge >= 0.3 is 5.97 Å². The molecule has 1 aromatic carbocycles. The molecule has 3 rings (SSSR count). The van der Waals surface area contributed by atoms with Gasteiger partial charge in [-0.25, -0.2) is 9.78 Å². The molecule has 11 nitrogen and oxygen atoms in total. The molecule has 3 N–H and O–H groups in total. The second-order valence-corrected chi connectivity index (χ2v) is 9.91. The molecule has 1 saturated heterocycles. The van der Waals surface area contributed by atoms with Crippen LogP contribution in [-0.2, 0) is 19.7 Å². The summed E-state index contributed by atoms with van der Waals surface area (Å²) in [6.07, 6.45) is 8.08. The monoisotopic (exact) mass is 506 g/mol. The molecule has 1 aliphatic rings. The van der Waals surface area contributed by atoms with Crippen molar-refractivity contribution in [2.45, 2.75) is 68.8 Å². The van der Waals surface area contributed by atoms with E-state index >= 15 is 0 Å². The summed E-state index contributed by atoms with van der Waals surface area (Å²) in [5.41, 5.74) is -0.252. The molecule has 0 bridgehead atoms. The van der Waals surface area contributed by atoms with E-state index in [1.54, 1.807) is 4.57 Å². The Kier molecular flexibility index (Phi) is 8.62. The third-order valence-corrected chi connectivity index (χ3v) is 6.96. The van der Waals surface area contributed by atoms with Crippen LogP contribution in [-0.4, -0.2) is 62.9 Å². The average molecular weight is 507 g/mol. The fraction of sp³-hybridized carbons (Fsp3) is 0.478. The maximum absolute atomic E-state index is 13.4. The number of aromatic nitrogens is 2. The van der Waals surface area contributed by atoms with Gasteiger partial charge in [0.1, 0.15) is 17.0 Å². The van der Waals surface area contributed by atoms with Crippen molar-refractivity contribution in [3.05, 3.63) is 42.4 Å². The highest BCUT2D eigenvalue weighted by Crippen LogP contribution is 2.27. The smallest absolute Gasteiger partial charge is 0.326 e. The number of imidazole rings is 1. The summed E-state index contributed by atoms with van der Waals surface area (Å²) >= 11 is 0. The number of nitrogens with one attached hydrogen (secondary N) is 1. The number of carboxylic acids is 1. The molecule has 2 heterocycles. The maximum Gasteiger partial charge on any atom is 0.326 e. The summed E-state index contributed by atoms with van der Waals surface area (Å²) in [6, 6.07) is 3.67. The Morgan fingerprint density at radius 2 is 1.94 bits per heavy atom. The zero-order valence-corrected chi connectivity index (χ0v) is 20.3. The number of hydrogen-bond acceptors (Lipinski definition) is 6. The molecule has 2 aromatic rings. The van der Waals surface area contributed by atoms with Gasteiger partial charge in [-0.1, -0.05) is 44.7 Å². The largest absolute Gasteiger partial charge is 0.480 e. The number of aliphatic carboxylic acids is 1. The normalized spacial score (nSPS) is 16.7. The molecular formula is C23H30N4O7S. The van der Waals surface area contributed by atoms with Crippen LogP contribution >= 0.6 is 0 Å². The second kappa shape index (κ2) is 11.5. The van der Waals surface area contributed by atoms with Crippen LogP contribution in [0.2, 0.25) is 0 Å². The SMILES string of the molecule is CCCCCCC(C(=O)N1CCC[C@H]1C(=O)O)n1cnc(NC(=O)c2ccccc2S(=O)(=O)O)c1. The van der Waals surface area contributed by atoms with Gasteiger partial charge in [0.2, 0.25) is 5.91 Å². The lowest BCUT2D eigenvalue weighted by molar-refractivity contribution is -0.149. The molecule has 0 spiro atoms. The molecule has 12 heteroatoms. The number of nitrogens with zero attached hydrogens (tertiary/aromatic N) is 3. The summed E-state index contributed by atoms with van der Waals surface area (Å²) in [5, 5.41) is 12.0.